The molecule has 2 amide bonds. The summed E-state index contributed by atoms with van der Waals surface area (Å²) in [5.41, 5.74) is 1.12. The van der Waals surface area contributed by atoms with Crippen molar-refractivity contribution in [2.24, 2.45) is 11.8 Å². The average molecular weight is 223 g/mol. The zero-order chi connectivity index (χ0) is 11.7. The number of hydrogen-bond acceptors (Lipinski definition) is 3. The van der Waals surface area contributed by atoms with Gasteiger partial charge in [-0.1, -0.05) is 19.1 Å². The van der Waals surface area contributed by atoms with E-state index >= 15 is 0 Å². The minimum absolute atomic E-state index is 0.0816. The Bertz CT molecular complexity index is 337. The molecule has 1 saturated carbocycles. The van der Waals surface area contributed by atoms with Crippen LogP contribution in [0.4, 0.5) is 4.79 Å². The zero-order valence-electron chi connectivity index (χ0n) is 9.57. The van der Waals surface area contributed by atoms with Crippen LogP contribution < -0.4 is 0 Å². The molecule has 0 N–H and O–H groups in total. The summed E-state index contributed by atoms with van der Waals surface area (Å²) in [5.74, 6) is 0.311. The van der Waals surface area contributed by atoms with Gasteiger partial charge in [0.1, 0.15) is 6.61 Å². The summed E-state index contributed by atoms with van der Waals surface area (Å²) in [4.78, 5) is 24.6. The molecule has 16 heavy (non-hydrogen) atoms. The van der Waals surface area contributed by atoms with Gasteiger partial charge in [0.15, 0.2) is 0 Å². The second-order valence-electron chi connectivity index (χ2n) is 4.80. The molecule has 4 heteroatoms. The number of carbonyl (C=O) groups excluding carboxylic acids is 2. The lowest BCUT2D eigenvalue weighted by Gasteiger charge is -2.29. The van der Waals surface area contributed by atoms with Crippen LogP contribution in [0.2, 0.25) is 0 Å². The molecule has 1 aliphatic heterocycles. The van der Waals surface area contributed by atoms with Gasteiger partial charge in [-0.15, -0.1) is 0 Å². The third-order valence-corrected chi connectivity index (χ3v) is 3.24. The minimum Gasteiger partial charge on any atom is -0.447 e. The van der Waals surface area contributed by atoms with Gasteiger partial charge in [-0.2, -0.15) is 0 Å². The number of allylic oxidation sites excluding steroid dienone is 1. The lowest BCUT2D eigenvalue weighted by atomic mass is 9.79. The molecule has 0 unspecified atom stereocenters. The van der Waals surface area contributed by atoms with Crippen molar-refractivity contribution < 1.29 is 14.3 Å². The lowest BCUT2D eigenvalue weighted by molar-refractivity contribution is -0.132. The van der Waals surface area contributed by atoms with Crippen LogP contribution in [-0.4, -0.2) is 30.1 Å². The molecule has 0 radical (unpaired) electrons. The van der Waals surface area contributed by atoms with Gasteiger partial charge in [0, 0.05) is 5.92 Å². The normalized spacial score (nSPS) is 30.4. The summed E-state index contributed by atoms with van der Waals surface area (Å²) in [6.07, 6.45) is 2.07. The molecule has 2 atom stereocenters. The molecule has 0 spiro atoms. The first-order valence-corrected chi connectivity index (χ1v) is 5.72. The number of ether oxygens (including phenoxy) is 1. The molecule has 0 bridgehead atoms. The summed E-state index contributed by atoms with van der Waals surface area (Å²) < 4.78 is 4.77. The maximum atomic E-state index is 12.1. The zero-order valence-corrected chi connectivity index (χ0v) is 9.57. The van der Waals surface area contributed by atoms with E-state index in [1.165, 1.54) is 4.90 Å². The number of nitrogens with zero attached hydrogens (tertiary/aromatic N) is 1. The second kappa shape index (κ2) is 4.28. The van der Waals surface area contributed by atoms with Crippen molar-refractivity contribution >= 4 is 12.0 Å². The summed E-state index contributed by atoms with van der Waals surface area (Å²) >= 11 is 0. The van der Waals surface area contributed by atoms with Crippen molar-refractivity contribution in [1.82, 2.24) is 4.90 Å². The predicted octanol–water partition coefficient (Wildman–Crippen LogP) is 1.96. The lowest BCUT2D eigenvalue weighted by Crippen LogP contribution is -2.38. The van der Waals surface area contributed by atoms with Crippen LogP contribution >= 0.6 is 0 Å². The molecule has 0 aromatic carbocycles. The topological polar surface area (TPSA) is 46.6 Å². The second-order valence-corrected chi connectivity index (χ2v) is 4.80. The molecular weight excluding hydrogens is 206 g/mol. The van der Waals surface area contributed by atoms with Crippen molar-refractivity contribution in [1.29, 1.82) is 0 Å². The van der Waals surface area contributed by atoms with Crippen LogP contribution in [0.15, 0.2) is 12.2 Å². The number of cyclic esters (lactones) is 1. The van der Waals surface area contributed by atoms with Gasteiger partial charge in [0.05, 0.1) is 6.54 Å². The molecule has 0 aromatic heterocycles. The van der Waals surface area contributed by atoms with E-state index in [-0.39, 0.29) is 11.8 Å². The Hall–Kier alpha value is -1.32. The third-order valence-electron chi connectivity index (χ3n) is 3.24. The van der Waals surface area contributed by atoms with Gasteiger partial charge in [-0.25, -0.2) is 9.69 Å². The average Bonchev–Trinajstić information content (AvgIpc) is 2.62. The highest BCUT2D eigenvalue weighted by atomic mass is 16.6. The van der Waals surface area contributed by atoms with Crippen molar-refractivity contribution in [2.45, 2.75) is 26.2 Å². The number of imide groups is 1. The van der Waals surface area contributed by atoms with Crippen molar-refractivity contribution in [3.8, 4) is 0 Å². The monoisotopic (exact) mass is 223 g/mol. The van der Waals surface area contributed by atoms with E-state index in [1.54, 1.807) is 0 Å². The molecule has 0 aromatic rings. The van der Waals surface area contributed by atoms with E-state index in [2.05, 4.69) is 13.5 Å². The Morgan fingerprint density at radius 1 is 1.50 bits per heavy atom. The number of carbonyl (C=O) groups is 2. The molecule has 1 saturated heterocycles. The maximum absolute atomic E-state index is 12.1. The number of hydrogen-bond donors (Lipinski definition) is 0. The van der Waals surface area contributed by atoms with E-state index in [0.717, 1.165) is 18.4 Å². The Morgan fingerprint density at radius 3 is 2.81 bits per heavy atom. The van der Waals surface area contributed by atoms with Crippen molar-refractivity contribution in [3.63, 3.8) is 0 Å². The molecule has 1 heterocycles. The summed E-state index contributed by atoms with van der Waals surface area (Å²) in [6.45, 7) is 6.80. The first kappa shape index (κ1) is 11.2. The van der Waals surface area contributed by atoms with Crippen LogP contribution in [0, 0.1) is 11.8 Å². The van der Waals surface area contributed by atoms with Crippen LogP contribution in [0.3, 0.4) is 0 Å². The van der Waals surface area contributed by atoms with Gasteiger partial charge in [-0.3, -0.25) is 4.79 Å². The fourth-order valence-corrected chi connectivity index (χ4v) is 2.58. The van der Waals surface area contributed by atoms with Gasteiger partial charge in [0.25, 0.3) is 0 Å². The summed E-state index contributed by atoms with van der Waals surface area (Å²) in [5, 5.41) is 0. The van der Waals surface area contributed by atoms with E-state index in [4.69, 9.17) is 4.74 Å². The molecule has 2 rings (SSSR count). The van der Waals surface area contributed by atoms with E-state index in [0.29, 0.717) is 25.5 Å². The number of rotatable bonds is 1. The van der Waals surface area contributed by atoms with Crippen molar-refractivity contribution in [2.75, 3.05) is 13.2 Å². The van der Waals surface area contributed by atoms with Crippen molar-refractivity contribution in [3.05, 3.63) is 12.2 Å². The van der Waals surface area contributed by atoms with Gasteiger partial charge >= 0.3 is 6.09 Å². The standard InChI is InChI=1S/C12H17NO3/c1-8-5-9(2)7-10(6-8)11(14)13-3-4-16-12(13)15/h9-10H,1,3-7H2,2H3/t9-,10+/m1/s1. The van der Waals surface area contributed by atoms with Crippen LogP contribution in [0.5, 0.6) is 0 Å². The smallest absolute Gasteiger partial charge is 0.416 e. The first-order valence-electron chi connectivity index (χ1n) is 5.72. The van der Waals surface area contributed by atoms with Gasteiger partial charge < -0.3 is 4.74 Å². The molecule has 4 nitrogen and oxygen atoms in total. The van der Waals surface area contributed by atoms with Gasteiger partial charge in [-0.05, 0) is 25.2 Å². The molecular formula is C12H17NO3. The number of amides is 2. The van der Waals surface area contributed by atoms with E-state index < -0.39 is 6.09 Å². The molecule has 1 aliphatic carbocycles. The largest absolute Gasteiger partial charge is 0.447 e. The highest BCUT2D eigenvalue weighted by Crippen LogP contribution is 2.33. The minimum atomic E-state index is -0.492. The Kier molecular flexibility index (Phi) is 2.99. The van der Waals surface area contributed by atoms with Crippen LogP contribution in [0.1, 0.15) is 26.2 Å². The molecule has 2 aliphatic rings. The SMILES string of the molecule is C=C1C[C@@H](C)C[C@@H](C(=O)N2CCOC2=O)C1. The predicted molar refractivity (Wildman–Crippen MR) is 58.7 cm³/mol. The quantitative estimate of drug-likeness (QED) is 0.638. The summed E-state index contributed by atoms with van der Waals surface area (Å²) in [6, 6.07) is 0. The fourth-order valence-electron chi connectivity index (χ4n) is 2.58. The highest BCUT2D eigenvalue weighted by molar-refractivity contribution is 5.94. The first-order chi connectivity index (χ1) is 7.58. The summed E-state index contributed by atoms with van der Waals surface area (Å²) in [7, 11) is 0. The molecule has 88 valence electrons. The molecule has 2 fully saturated rings. The Morgan fingerprint density at radius 2 is 2.25 bits per heavy atom. The van der Waals surface area contributed by atoms with Crippen LogP contribution in [0.25, 0.3) is 0 Å². The Labute approximate surface area is 95.2 Å². The van der Waals surface area contributed by atoms with E-state index in [1.807, 2.05) is 0 Å². The highest BCUT2D eigenvalue weighted by Gasteiger charge is 2.35. The Balaban J connectivity index is 2.03. The third kappa shape index (κ3) is 2.10. The van der Waals surface area contributed by atoms with Crippen LogP contribution in [-0.2, 0) is 9.53 Å². The van der Waals surface area contributed by atoms with E-state index in [9.17, 15) is 9.59 Å². The van der Waals surface area contributed by atoms with Gasteiger partial charge in [0.2, 0.25) is 5.91 Å². The maximum Gasteiger partial charge on any atom is 0.416 e. The fraction of sp³-hybridized carbons (Fsp3) is 0.667.